The maximum Gasteiger partial charge on any atom is 0.219 e. The Morgan fingerprint density at radius 1 is 1.15 bits per heavy atom. The predicted molar refractivity (Wildman–Crippen MR) is 179 cm³/mol. The fraction of sp³-hybridized carbons (Fsp3) is 0.514. The van der Waals surface area contributed by atoms with E-state index in [1.807, 2.05) is 36.2 Å². The van der Waals surface area contributed by atoms with E-state index in [4.69, 9.17) is 16.6 Å². The molecule has 3 nitrogen and oxygen atoms in total. The van der Waals surface area contributed by atoms with Crippen molar-refractivity contribution in [2.24, 2.45) is 17.3 Å². The molecule has 4 heteroatoms. The summed E-state index contributed by atoms with van der Waals surface area (Å²) in [5, 5.41) is 0.762. The Morgan fingerprint density at radius 2 is 1.76 bits per heavy atom. The van der Waals surface area contributed by atoms with Crippen molar-refractivity contribution in [2.45, 2.75) is 93.9 Å². The molecule has 41 heavy (non-hydrogen) atoms. The zero-order chi connectivity index (χ0) is 30.7. The first kappa shape index (κ1) is 34.6. The SMILES string of the molecule is C=CC(C)CCC1=Cc2cc(Cl)ccc2C(C2CCN(C(C)=O)CC2)c2ncccc21.CC(C)(C)C.CC=C(C)C. The van der Waals surface area contributed by atoms with Crippen LogP contribution >= 0.6 is 11.6 Å². The number of likely N-dealkylation sites (tertiary alicyclic amines) is 1. The van der Waals surface area contributed by atoms with Gasteiger partial charge in [-0.05, 0) is 104 Å². The highest BCUT2D eigenvalue weighted by atomic mass is 35.5. The van der Waals surface area contributed by atoms with E-state index in [9.17, 15) is 4.79 Å². The molecule has 0 bridgehead atoms. The van der Waals surface area contributed by atoms with E-state index >= 15 is 0 Å². The molecule has 1 saturated heterocycles. The van der Waals surface area contributed by atoms with Gasteiger partial charge in [0.25, 0.3) is 0 Å². The third kappa shape index (κ3) is 11.3. The molecule has 224 valence electrons. The van der Waals surface area contributed by atoms with Crippen molar-refractivity contribution < 1.29 is 4.79 Å². The van der Waals surface area contributed by atoms with Gasteiger partial charge in [-0.25, -0.2) is 0 Å². The first-order valence-corrected chi connectivity index (χ1v) is 15.6. The van der Waals surface area contributed by atoms with E-state index in [0.29, 0.717) is 17.3 Å². The maximum absolute atomic E-state index is 11.8. The molecule has 2 aromatic rings. The fourth-order valence-corrected chi connectivity index (χ4v) is 5.22. The van der Waals surface area contributed by atoms with Crippen LogP contribution in [0.1, 0.15) is 116 Å². The normalized spacial score (nSPS) is 17.2. The number of carbonyl (C=O) groups excluding carboxylic acids is 1. The molecule has 2 aliphatic rings. The molecule has 1 aromatic heterocycles. The number of piperidine rings is 1. The lowest BCUT2D eigenvalue weighted by atomic mass is 9.76. The summed E-state index contributed by atoms with van der Waals surface area (Å²) in [6.45, 7) is 24.4. The minimum atomic E-state index is 0.172. The smallest absolute Gasteiger partial charge is 0.219 e. The number of benzene rings is 1. The van der Waals surface area contributed by atoms with Gasteiger partial charge < -0.3 is 4.90 Å². The number of hydrogen-bond acceptors (Lipinski definition) is 2. The van der Waals surface area contributed by atoms with Crippen LogP contribution in [0.15, 0.2) is 60.8 Å². The zero-order valence-corrected chi connectivity index (χ0v) is 27.8. The topological polar surface area (TPSA) is 33.2 Å². The third-order valence-corrected chi connectivity index (χ3v) is 7.73. The Kier molecular flexibility index (Phi) is 13.6. The number of pyridine rings is 1. The molecule has 0 N–H and O–H groups in total. The summed E-state index contributed by atoms with van der Waals surface area (Å²) in [4.78, 5) is 18.8. The molecule has 1 aliphatic heterocycles. The average molecular weight is 577 g/mol. The standard InChI is InChI=1S/C27H31ClN2O.C5H12.C5H10/c1-4-18(2)7-8-21-16-22-17-23(28)9-10-24(22)26(27-25(21)6-5-13-29-27)20-11-14-30(15-12-20)19(3)31;1-5(2,3)4;1-4-5(2)3/h4-6,9-10,13,16-18,20,26H,1,7-8,11-12,14-15H2,2-3H3;1-4H3;4H,1-3H3. The highest BCUT2D eigenvalue weighted by Gasteiger charge is 2.34. The maximum atomic E-state index is 11.8. The highest BCUT2D eigenvalue weighted by Crippen LogP contribution is 2.45. The van der Waals surface area contributed by atoms with Crippen molar-refractivity contribution in [3.05, 3.63) is 88.2 Å². The van der Waals surface area contributed by atoms with Crippen LogP contribution in [-0.4, -0.2) is 28.9 Å². The molecular formula is C37H53ClN2O. The number of halogens is 1. The van der Waals surface area contributed by atoms with Crippen molar-refractivity contribution in [3.8, 4) is 0 Å². The largest absolute Gasteiger partial charge is 0.343 e. The summed E-state index contributed by atoms with van der Waals surface area (Å²) in [5.74, 6) is 1.30. The first-order valence-electron chi connectivity index (χ1n) is 15.2. The van der Waals surface area contributed by atoms with E-state index < -0.39 is 0 Å². The first-order chi connectivity index (χ1) is 19.2. The van der Waals surface area contributed by atoms with Crippen molar-refractivity contribution in [1.82, 2.24) is 9.88 Å². The van der Waals surface area contributed by atoms with E-state index in [0.717, 1.165) is 43.8 Å². The van der Waals surface area contributed by atoms with Crippen molar-refractivity contribution in [1.29, 1.82) is 0 Å². The van der Waals surface area contributed by atoms with Crippen molar-refractivity contribution >= 4 is 29.2 Å². The van der Waals surface area contributed by atoms with E-state index in [1.165, 1.54) is 33.5 Å². The Balaban J connectivity index is 0.000000507. The Bertz CT molecular complexity index is 1200. The summed E-state index contributed by atoms with van der Waals surface area (Å²) in [6, 6.07) is 10.5. The molecular weight excluding hydrogens is 524 g/mol. The molecule has 2 unspecified atom stereocenters. The number of carbonyl (C=O) groups is 1. The molecule has 0 spiro atoms. The Labute approximate surface area is 255 Å². The van der Waals surface area contributed by atoms with Crippen LogP contribution in [0.5, 0.6) is 0 Å². The van der Waals surface area contributed by atoms with Crippen LogP contribution in [0.4, 0.5) is 0 Å². The van der Waals surface area contributed by atoms with Gasteiger partial charge in [0.1, 0.15) is 0 Å². The van der Waals surface area contributed by atoms with E-state index in [1.54, 1.807) is 6.92 Å². The second kappa shape index (κ2) is 16.1. The number of aromatic nitrogens is 1. The lowest BCUT2D eigenvalue weighted by molar-refractivity contribution is -0.130. The van der Waals surface area contributed by atoms with Gasteiger partial charge in [-0.15, -0.1) is 6.58 Å². The number of amides is 1. The summed E-state index contributed by atoms with van der Waals surface area (Å²) in [6.07, 6.45) is 12.4. The van der Waals surface area contributed by atoms with Crippen molar-refractivity contribution in [2.75, 3.05) is 13.1 Å². The minimum absolute atomic E-state index is 0.172. The monoisotopic (exact) mass is 576 g/mol. The molecule has 1 fully saturated rings. The van der Waals surface area contributed by atoms with Crippen LogP contribution in [0.3, 0.4) is 0 Å². The van der Waals surface area contributed by atoms with Gasteiger partial charge in [-0.2, -0.15) is 0 Å². The zero-order valence-electron chi connectivity index (χ0n) is 27.1. The molecule has 1 aliphatic carbocycles. The highest BCUT2D eigenvalue weighted by molar-refractivity contribution is 6.30. The van der Waals surface area contributed by atoms with Gasteiger partial charge in [-0.3, -0.25) is 9.78 Å². The Hall–Kier alpha value is -2.65. The van der Waals surface area contributed by atoms with Crippen LogP contribution in [0.25, 0.3) is 11.6 Å². The lowest BCUT2D eigenvalue weighted by Gasteiger charge is -2.36. The number of nitrogens with zero attached hydrogens (tertiary/aromatic N) is 2. The number of hydrogen-bond donors (Lipinski definition) is 0. The molecule has 0 radical (unpaired) electrons. The summed E-state index contributed by atoms with van der Waals surface area (Å²) in [7, 11) is 0. The molecule has 0 saturated carbocycles. The average Bonchev–Trinajstić information content (AvgIpc) is 3.05. The van der Waals surface area contributed by atoms with E-state index in [2.05, 4.69) is 85.4 Å². The fourth-order valence-electron chi connectivity index (χ4n) is 5.04. The quantitative estimate of drug-likeness (QED) is 0.332. The van der Waals surface area contributed by atoms with Crippen LogP contribution in [-0.2, 0) is 4.79 Å². The van der Waals surface area contributed by atoms with Gasteiger partial charge >= 0.3 is 0 Å². The van der Waals surface area contributed by atoms with E-state index in [-0.39, 0.29) is 11.8 Å². The van der Waals surface area contributed by atoms with Crippen LogP contribution < -0.4 is 0 Å². The molecule has 2 atom stereocenters. The minimum Gasteiger partial charge on any atom is -0.343 e. The van der Waals surface area contributed by atoms with Crippen LogP contribution in [0, 0.1) is 17.3 Å². The molecule has 4 rings (SSSR count). The second-order valence-corrected chi connectivity index (χ2v) is 13.8. The lowest BCUT2D eigenvalue weighted by Crippen LogP contribution is -2.38. The van der Waals surface area contributed by atoms with Crippen LogP contribution in [0.2, 0.25) is 5.02 Å². The molecule has 2 heterocycles. The number of rotatable bonds is 5. The molecule has 1 aromatic carbocycles. The van der Waals surface area contributed by atoms with Gasteiger partial charge in [0.15, 0.2) is 0 Å². The summed E-state index contributed by atoms with van der Waals surface area (Å²) in [5.41, 5.74) is 8.13. The van der Waals surface area contributed by atoms with Crippen molar-refractivity contribution in [3.63, 3.8) is 0 Å². The number of fused-ring (bicyclic) bond motifs is 2. The second-order valence-electron chi connectivity index (χ2n) is 13.3. The van der Waals surface area contributed by atoms with Gasteiger partial charge in [-0.1, -0.05) is 82.2 Å². The summed E-state index contributed by atoms with van der Waals surface area (Å²) < 4.78 is 0. The van der Waals surface area contributed by atoms with Gasteiger partial charge in [0.05, 0.1) is 5.69 Å². The summed E-state index contributed by atoms with van der Waals surface area (Å²) >= 11 is 6.42. The Morgan fingerprint density at radius 3 is 2.29 bits per heavy atom. The number of allylic oxidation sites excluding steroid dienone is 4. The predicted octanol–water partition coefficient (Wildman–Crippen LogP) is 10.6. The van der Waals surface area contributed by atoms with Gasteiger partial charge in [0, 0.05) is 37.2 Å². The molecule has 1 amide bonds. The third-order valence-electron chi connectivity index (χ3n) is 7.50. The van der Waals surface area contributed by atoms with Gasteiger partial charge in [0.2, 0.25) is 5.91 Å².